The Balaban J connectivity index is 1.51. The van der Waals surface area contributed by atoms with E-state index in [0.29, 0.717) is 24.9 Å². The van der Waals surface area contributed by atoms with Crippen molar-refractivity contribution in [2.75, 3.05) is 47.0 Å². The van der Waals surface area contributed by atoms with E-state index in [1.807, 2.05) is 11.0 Å². The molecule has 1 aromatic carbocycles. The third kappa shape index (κ3) is 3.70. The lowest BCUT2D eigenvalue weighted by Gasteiger charge is -2.21. The van der Waals surface area contributed by atoms with Gasteiger partial charge in [0.15, 0.2) is 11.6 Å². The van der Waals surface area contributed by atoms with Crippen molar-refractivity contribution >= 4 is 5.91 Å². The Morgan fingerprint density at radius 2 is 1.92 bits per heavy atom. The van der Waals surface area contributed by atoms with Crippen molar-refractivity contribution in [2.45, 2.75) is 13.0 Å². The second-order valence-corrected chi connectivity index (χ2v) is 6.72. The molecule has 2 fully saturated rings. The van der Waals surface area contributed by atoms with Crippen molar-refractivity contribution in [1.82, 2.24) is 9.80 Å². The van der Waals surface area contributed by atoms with Gasteiger partial charge in [0.2, 0.25) is 5.91 Å². The van der Waals surface area contributed by atoms with Crippen LogP contribution in [0.3, 0.4) is 0 Å². The summed E-state index contributed by atoms with van der Waals surface area (Å²) in [6.07, 6.45) is 0.463. The van der Waals surface area contributed by atoms with Crippen molar-refractivity contribution in [2.24, 2.45) is 11.8 Å². The summed E-state index contributed by atoms with van der Waals surface area (Å²) in [6.45, 7) is 4.82. The predicted octanol–water partition coefficient (Wildman–Crippen LogP) is 1.76. The maximum absolute atomic E-state index is 13.8. The molecule has 0 spiro atoms. The Bertz CT molecular complexity index is 582. The summed E-state index contributed by atoms with van der Waals surface area (Å²) in [5, 5.41) is 0. The van der Waals surface area contributed by atoms with E-state index in [1.165, 1.54) is 7.11 Å². The van der Waals surface area contributed by atoms with Crippen LogP contribution in [0.25, 0.3) is 0 Å². The maximum Gasteiger partial charge on any atom is 0.224 e. The average molecular weight is 336 g/mol. The van der Waals surface area contributed by atoms with E-state index in [0.717, 1.165) is 38.3 Å². The number of amides is 1. The van der Waals surface area contributed by atoms with Gasteiger partial charge in [-0.25, -0.2) is 4.39 Å². The smallest absolute Gasteiger partial charge is 0.224 e. The zero-order chi connectivity index (χ0) is 17.1. The molecule has 2 aliphatic rings. The molecule has 0 aromatic heterocycles. The monoisotopic (exact) mass is 336 g/mol. The van der Waals surface area contributed by atoms with Crippen molar-refractivity contribution in [1.29, 1.82) is 0 Å². The standard InChI is InChI=1S/C18H25FN2O3/c1-23-6-5-18(22)21-11-14-9-20(10-15(14)12-21)8-13-3-4-17(24-2)16(19)7-13/h3-4,7,14-15H,5-6,8-12H2,1-2H3. The zero-order valence-corrected chi connectivity index (χ0v) is 14.3. The lowest BCUT2D eigenvalue weighted by atomic mass is 10.0. The number of nitrogens with zero attached hydrogens (tertiary/aromatic N) is 2. The van der Waals surface area contributed by atoms with E-state index >= 15 is 0 Å². The molecular weight excluding hydrogens is 311 g/mol. The molecule has 0 N–H and O–H groups in total. The molecule has 0 bridgehead atoms. The number of carbonyl (C=O) groups is 1. The van der Waals surface area contributed by atoms with Crippen LogP contribution in [0.5, 0.6) is 5.75 Å². The van der Waals surface area contributed by atoms with E-state index in [4.69, 9.17) is 9.47 Å². The normalized spacial score (nSPS) is 23.5. The van der Waals surface area contributed by atoms with Crippen LogP contribution in [-0.4, -0.2) is 62.7 Å². The molecule has 24 heavy (non-hydrogen) atoms. The largest absolute Gasteiger partial charge is 0.494 e. The molecule has 2 atom stereocenters. The van der Waals surface area contributed by atoms with Crippen LogP contribution in [-0.2, 0) is 16.1 Å². The molecule has 1 amide bonds. The van der Waals surface area contributed by atoms with Gasteiger partial charge >= 0.3 is 0 Å². The number of likely N-dealkylation sites (tertiary alicyclic amines) is 2. The number of hydrogen-bond acceptors (Lipinski definition) is 4. The molecule has 0 saturated carbocycles. The van der Waals surface area contributed by atoms with Crippen molar-refractivity contribution < 1.29 is 18.7 Å². The van der Waals surface area contributed by atoms with Crippen molar-refractivity contribution in [3.63, 3.8) is 0 Å². The van der Waals surface area contributed by atoms with E-state index in [2.05, 4.69) is 4.90 Å². The van der Waals surface area contributed by atoms with Gasteiger partial charge in [0.25, 0.3) is 0 Å². The fourth-order valence-electron chi connectivity index (χ4n) is 3.84. The molecule has 6 heteroatoms. The second kappa shape index (κ2) is 7.49. The highest BCUT2D eigenvalue weighted by atomic mass is 19.1. The van der Waals surface area contributed by atoms with Crippen LogP contribution < -0.4 is 4.74 Å². The van der Waals surface area contributed by atoms with Gasteiger partial charge in [-0.1, -0.05) is 6.07 Å². The minimum Gasteiger partial charge on any atom is -0.494 e. The van der Waals surface area contributed by atoms with Gasteiger partial charge in [-0.3, -0.25) is 9.69 Å². The van der Waals surface area contributed by atoms with Gasteiger partial charge in [0.05, 0.1) is 20.1 Å². The molecular formula is C18H25FN2O3. The summed E-state index contributed by atoms with van der Waals surface area (Å²) in [4.78, 5) is 16.4. The Labute approximate surface area is 142 Å². The number of carbonyl (C=O) groups excluding carboxylic acids is 1. The third-order valence-electron chi connectivity index (χ3n) is 5.06. The number of fused-ring (bicyclic) bond motifs is 1. The zero-order valence-electron chi connectivity index (χ0n) is 14.3. The fraction of sp³-hybridized carbons (Fsp3) is 0.611. The molecule has 2 aliphatic heterocycles. The van der Waals surface area contributed by atoms with Crippen LogP contribution in [0.4, 0.5) is 4.39 Å². The summed E-state index contributed by atoms with van der Waals surface area (Å²) in [6, 6.07) is 5.14. The average Bonchev–Trinajstić information content (AvgIpc) is 3.11. The Hall–Kier alpha value is -1.66. The molecule has 0 aliphatic carbocycles. The van der Waals surface area contributed by atoms with Crippen LogP contribution in [0.15, 0.2) is 18.2 Å². The SMILES string of the molecule is COCCC(=O)N1CC2CN(Cc3ccc(OC)c(F)c3)CC2C1. The molecule has 5 nitrogen and oxygen atoms in total. The van der Waals surface area contributed by atoms with E-state index in [1.54, 1.807) is 19.2 Å². The number of halogens is 1. The summed E-state index contributed by atoms with van der Waals surface area (Å²) in [7, 11) is 3.09. The number of rotatable bonds is 6. The molecule has 132 valence electrons. The Morgan fingerprint density at radius 1 is 1.21 bits per heavy atom. The first-order chi connectivity index (χ1) is 11.6. The van der Waals surface area contributed by atoms with Crippen molar-refractivity contribution in [3.05, 3.63) is 29.6 Å². The maximum atomic E-state index is 13.8. The first-order valence-electron chi connectivity index (χ1n) is 8.42. The van der Waals surface area contributed by atoms with Crippen LogP contribution in [0, 0.1) is 17.7 Å². The number of hydrogen-bond donors (Lipinski definition) is 0. The highest BCUT2D eigenvalue weighted by Crippen LogP contribution is 2.32. The Kier molecular flexibility index (Phi) is 5.36. The minimum atomic E-state index is -0.315. The minimum absolute atomic E-state index is 0.190. The van der Waals surface area contributed by atoms with E-state index in [9.17, 15) is 9.18 Å². The lowest BCUT2D eigenvalue weighted by Crippen LogP contribution is -2.33. The summed E-state index contributed by atoms with van der Waals surface area (Å²) in [5.41, 5.74) is 0.960. The molecule has 2 heterocycles. The summed E-state index contributed by atoms with van der Waals surface area (Å²) in [5.74, 6) is 1.21. The van der Waals surface area contributed by atoms with Crippen molar-refractivity contribution in [3.8, 4) is 5.75 Å². The number of ether oxygens (including phenoxy) is 2. The van der Waals surface area contributed by atoms with Crippen LogP contribution in [0.2, 0.25) is 0 Å². The van der Waals surface area contributed by atoms with Crippen LogP contribution >= 0.6 is 0 Å². The van der Waals surface area contributed by atoms with Crippen LogP contribution in [0.1, 0.15) is 12.0 Å². The summed E-state index contributed by atoms with van der Waals surface area (Å²) < 4.78 is 23.7. The molecule has 1 aromatic rings. The van der Waals surface area contributed by atoms with Gasteiger partial charge in [-0.2, -0.15) is 0 Å². The Morgan fingerprint density at radius 3 is 2.50 bits per heavy atom. The van der Waals surface area contributed by atoms with Gasteiger partial charge in [-0.15, -0.1) is 0 Å². The van der Waals surface area contributed by atoms with Gasteiger partial charge < -0.3 is 14.4 Å². The fourth-order valence-corrected chi connectivity index (χ4v) is 3.84. The molecule has 3 rings (SSSR count). The predicted molar refractivity (Wildman–Crippen MR) is 88.3 cm³/mol. The second-order valence-electron chi connectivity index (χ2n) is 6.72. The van der Waals surface area contributed by atoms with Gasteiger partial charge in [0.1, 0.15) is 0 Å². The lowest BCUT2D eigenvalue weighted by molar-refractivity contribution is -0.131. The molecule has 2 saturated heterocycles. The highest BCUT2D eigenvalue weighted by Gasteiger charge is 2.41. The topological polar surface area (TPSA) is 42.0 Å². The van der Waals surface area contributed by atoms with Gasteiger partial charge in [0, 0.05) is 39.8 Å². The first-order valence-corrected chi connectivity index (χ1v) is 8.42. The number of benzene rings is 1. The van der Waals surface area contributed by atoms with E-state index in [-0.39, 0.29) is 17.5 Å². The first kappa shape index (κ1) is 17.2. The quantitative estimate of drug-likeness (QED) is 0.794. The molecule has 0 radical (unpaired) electrons. The number of methoxy groups -OCH3 is 2. The summed E-state index contributed by atoms with van der Waals surface area (Å²) >= 11 is 0. The highest BCUT2D eigenvalue weighted by molar-refractivity contribution is 5.76. The van der Waals surface area contributed by atoms with Gasteiger partial charge in [-0.05, 0) is 29.5 Å². The molecule has 2 unspecified atom stereocenters. The third-order valence-corrected chi connectivity index (χ3v) is 5.06. The van der Waals surface area contributed by atoms with E-state index < -0.39 is 0 Å².